The number of carbonyl (C=O) groups excluding carboxylic acids is 3. The average Bonchev–Trinajstić information content (AvgIpc) is 2.78. The Kier molecular flexibility index (Phi) is 9.39. The number of benzene rings is 2. The number of rotatable bonds is 10. The van der Waals surface area contributed by atoms with Gasteiger partial charge in [-0.25, -0.2) is 13.2 Å². The molecule has 2 rings (SSSR count). The summed E-state index contributed by atoms with van der Waals surface area (Å²) in [5.74, 6) is -2.03. The quantitative estimate of drug-likeness (QED) is 0.489. The van der Waals surface area contributed by atoms with E-state index < -0.39 is 40.5 Å². The summed E-state index contributed by atoms with van der Waals surface area (Å²) < 4.78 is 31.5. The fraction of sp³-hybridized carbons (Fsp3) is 0.318. The van der Waals surface area contributed by atoms with E-state index in [0.717, 1.165) is 0 Å². The first-order chi connectivity index (χ1) is 15.6. The van der Waals surface area contributed by atoms with Crippen molar-refractivity contribution in [3.63, 3.8) is 0 Å². The molecule has 0 saturated heterocycles. The van der Waals surface area contributed by atoms with E-state index in [-0.39, 0.29) is 21.2 Å². The molecular formula is C22H26ClN3O6S. The average molecular weight is 496 g/mol. The molecule has 2 amide bonds. The van der Waals surface area contributed by atoms with Crippen LogP contribution < -0.4 is 10.6 Å². The predicted molar refractivity (Wildman–Crippen MR) is 125 cm³/mol. The molecule has 0 fully saturated rings. The fourth-order valence-electron chi connectivity index (χ4n) is 2.88. The van der Waals surface area contributed by atoms with Crippen LogP contribution in [0.15, 0.2) is 53.4 Å². The van der Waals surface area contributed by atoms with Crippen molar-refractivity contribution in [3.05, 3.63) is 59.1 Å². The summed E-state index contributed by atoms with van der Waals surface area (Å²) >= 11 is 5.96. The number of sulfonamides is 1. The Morgan fingerprint density at radius 3 is 2.36 bits per heavy atom. The minimum atomic E-state index is -3.69. The van der Waals surface area contributed by atoms with E-state index >= 15 is 0 Å². The Balaban J connectivity index is 1.93. The lowest BCUT2D eigenvalue weighted by Gasteiger charge is -2.19. The van der Waals surface area contributed by atoms with Gasteiger partial charge in [0.05, 0.1) is 15.5 Å². The van der Waals surface area contributed by atoms with Crippen LogP contribution in [0.4, 0.5) is 5.69 Å². The second-order valence-electron chi connectivity index (χ2n) is 6.95. The first kappa shape index (κ1) is 26.3. The van der Waals surface area contributed by atoms with Crippen LogP contribution in [0, 0.1) is 0 Å². The molecular weight excluding hydrogens is 470 g/mol. The standard InChI is InChI=1S/C22H26ClN3O6S/c1-4-26(5-2)33(30,31)17-10-8-9-16(13-17)25-20(27)14-32-22(29)15(3)24-21(28)18-11-6-7-12-19(18)23/h6-13,15H,4-5,14H2,1-3H3,(H,24,28)(H,25,27). The monoisotopic (exact) mass is 495 g/mol. The summed E-state index contributed by atoms with van der Waals surface area (Å²) in [5.41, 5.74) is 0.445. The highest BCUT2D eigenvalue weighted by molar-refractivity contribution is 7.89. The molecule has 0 saturated carbocycles. The molecule has 2 aromatic rings. The molecule has 0 radical (unpaired) electrons. The van der Waals surface area contributed by atoms with Crippen LogP contribution in [0.25, 0.3) is 0 Å². The zero-order valence-electron chi connectivity index (χ0n) is 18.5. The number of halogens is 1. The van der Waals surface area contributed by atoms with Gasteiger partial charge < -0.3 is 15.4 Å². The number of esters is 1. The van der Waals surface area contributed by atoms with E-state index in [1.54, 1.807) is 32.0 Å². The maximum atomic E-state index is 12.6. The van der Waals surface area contributed by atoms with Crippen molar-refractivity contribution >= 4 is 45.1 Å². The summed E-state index contributed by atoms with van der Waals surface area (Å²) in [6, 6.07) is 11.1. The number of hydrogen-bond donors (Lipinski definition) is 2. The summed E-state index contributed by atoms with van der Waals surface area (Å²) in [7, 11) is -3.69. The Hall–Kier alpha value is -2.95. The van der Waals surface area contributed by atoms with Crippen LogP contribution in [0.1, 0.15) is 31.1 Å². The van der Waals surface area contributed by atoms with Crippen LogP contribution in [0.2, 0.25) is 5.02 Å². The van der Waals surface area contributed by atoms with Gasteiger partial charge in [-0.15, -0.1) is 0 Å². The summed E-state index contributed by atoms with van der Waals surface area (Å²) in [5, 5.41) is 5.19. The fourth-order valence-corrected chi connectivity index (χ4v) is 4.61. The van der Waals surface area contributed by atoms with Gasteiger partial charge in [-0.3, -0.25) is 9.59 Å². The maximum Gasteiger partial charge on any atom is 0.328 e. The van der Waals surface area contributed by atoms with E-state index in [1.807, 2.05) is 0 Å². The number of amides is 2. The van der Waals surface area contributed by atoms with Gasteiger partial charge >= 0.3 is 5.97 Å². The summed E-state index contributed by atoms with van der Waals surface area (Å²) in [4.78, 5) is 36.6. The Morgan fingerprint density at radius 1 is 1.06 bits per heavy atom. The molecule has 11 heteroatoms. The molecule has 0 aliphatic heterocycles. The highest BCUT2D eigenvalue weighted by Gasteiger charge is 2.23. The zero-order valence-corrected chi connectivity index (χ0v) is 20.1. The van der Waals surface area contributed by atoms with Crippen molar-refractivity contribution in [2.24, 2.45) is 0 Å². The Labute approximate surface area is 198 Å². The van der Waals surface area contributed by atoms with E-state index in [0.29, 0.717) is 13.1 Å². The molecule has 1 atom stereocenters. The Bertz CT molecular complexity index is 1120. The summed E-state index contributed by atoms with van der Waals surface area (Å²) in [6.45, 7) is 4.90. The molecule has 0 aliphatic rings. The van der Waals surface area contributed by atoms with Crippen molar-refractivity contribution in [2.75, 3.05) is 25.0 Å². The van der Waals surface area contributed by atoms with Crippen LogP contribution in [0.3, 0.4) is 0 Å². The summed E-state index contributed by atoms with van der Waals surface area (Å²) in [6.07, 6.45) is 0. The van der Waals surface area contributed by atoms with Crippen LogP contribution in [-0.4, -0.2) is 56.2 Å². The molecule has 0 aliphatic carbocycles. The highest BCUT2D eigenvalue weighted by atomic mass is 35.5. The lowest BCUT2D eigenvalue weighted by atomic mass is 10.2. The predicted octanol–water partition coefficient (Wildman–Crippen LogP) is 2.67. The maximum absolute atomic E-state index is 12.6. The van der Waals surface area contributed by atoms with Crippen LogP contribution in [0.5, 0.6) is 0 Å². The SMILES string of the molecule is CCN(CC)S(=O)(=O)c1cccc(NC(=O)COC(=O)C(C)NC(=O)c2ccccc2Cl)c1. The first-order valence-corrected chi connectivity index (χ1v) is 12.0. The van der Waals surface area contributed by atoms with Gasteiger partial charge in [-0.1, -0.05) is 43.6 Å². The molecule has 0 bridgehead atoms. The number of nitrogens with one attached hydrogen (secondary N) is 2. The third-order valence-electron chi connectivity index (χ3n) is 4.63. The van der Waals surface area contributed by atoms with Crippen LogP contribution in [-0.2, 0) is 24.3 Å². The smallest absolute Gasteiger partial charge is 0.328 e. The highest BCUT2D eigenvalue weighted by Crippen LogP contribution is 2.19. The molecule has 33 heavy (non-hydrogen) atoms. The molecule has 178 valence electrons. The van der Waals surface area contributed by atoms with Gasteiger partial charge in [0.15, 0.2) is 6.61 Å². The van der Waals surface area contributed by atoms with E-state index in [4.69, 9.17) is 16.3 Å². The topological polar surface area (TPSA) is 122 Å². The normalized spacial score (nSPS) is 12.2. The Morgan fingerprint density at radius 2 is 1.73 bits per heavy atom. The number of ether oxygens (including phenoxy) is 1. The molecule has 9 nitrogen and oxygen atoms in total. The van der Waals surface area contributed by atoms with Gasteiger partial charge in [0.2, 0.25) is 10.0 Å². The number of nitrogens with zero attached hydrogens (tertiary/aromatic N) is 1. The molecule has 2 aromatic carbocycles. The molecule has 0 aromatic heterocycles. The number of hydrogen-bond acceptors (Lipinski definition) is 6. The van der Waals surface area contributed by atoms with Gasteiger partial charge in [0, 0.05) is 18.8 Å². The van der Waals surface area contributed by atoms with Crippen molar-refractivity contribution in [2.45, 2.75) is 31.7 Å². The van der Waals surface area contributed by atoms with Crippen LogP contribution >= 0.6 is 11.6 Å². The van der Waals surface area contributed by atoms with Gasteiger partial charge in [-0.05, 0) is 37.3 Å². The molecule has 2 N–H and O–H groups in total. The van der Waals surface area contributed by atoms with Crippen molar-refractivity contribution in [3.8, 4) is 0 Å². The van der Waals surface area contributed by atoms with E-state index in [9.17, 15) is 22.8 Å². The van der Waals surface area contributed by atoms with E-state index in [1.165, 1.54) is 41.6 Å². The molecule has 0 spiro atoms. The molecule has 1 unspecified atom stereocenters. The second kappa shape index (κ2) is 11.8. The first-order valence-electron chi connectivity index (χ1n) is 10.2. The lowest BCUT2D eigenvalue weighted by Crippen LogP contribution is -2.40. The second-order valence-corrected chi connectivity index (χ2v) is 9.29. The van der Waals surface area contributed by atoms with Crippen molar-refractivity contribution in [1.29, 1.82) is 0 Å². The van der Waals surface area contributed by atoms with Crippen molar-refractivity contribution in [1.82, 2.24) is 9.62 Å². The third kappa shape index (κ3) is 7.01. The minimum absolute atomic E-state index is 0.0388. The number of carbonyl (C=O) groups is 3. The number of anilines is 1. The largest absolute Gasteiger partial charge is 0.454 e. The van der Waals surface area contributed by atoms with Gasteiger partial charge in [-0.2, -0.15) is 4.31 Å². The lowest BCUT2D eigenvalue weighted by molar-refractivity contribution is -0.148. The van der Waals surface area contributed by atoms with E-state index in [2.05, 4.69) is 10.6 Å². The van der Waals surface area contributed by atoms with Gasteiger partial charge in [0.1, 0.15) is 6.04 Å². The molecule has 0 heterocycles. The zero-order chi connectivity index (χ0) is 24.6. The third-order valence-corrected chi connectivity index (χ3v) is 7.00. The van der Waals surface area contributed by atoms with Crippen molar-refractivity contribution < 1.29 is 27.5 Å². The van der Waals surface area contributed by atoms with Gasteiger partial charge in [0.25, 0.3) is 11.8 Å². The minimum Gasteiger partial charge on any atom is -0.454 e.